The number of rotatable bonds is 7. The number of anilines is 4. The van der Waals surface area contributed by atoms with E-state index in [-0.39, 0.29) is 17.3 Å². The van der Waals surface area contributed by atoms with Gasteiger partial charge in [-0.25, -0.2) is 9.97 Å². The highest BCUT2D eigenvalue weighted by Gasteiger charge is 2.24. The number of nitro groups is 1. The minimum absolute atomic E-state index is 0.0922. The minimum Gasteiger partial charge on any atom is -0.457 e. The maximum absolute atomic E-state index is 11.9. The molecule has 0 saturated heterocycles. The van der Waals surface area contributed by atoms with Crippen LogP contribution in [-0.4, -0.2) is 14.9 Å². The molecule has 0 aliphatic rings. The molecule has 160 valence electrons. The molecule has 0 bridgehead atoms. The fourth-order valence-corrected chi connectivity index (χ4v) is 3.12. The van der Waals surface area contributed by atoms with Gasteiger partial charge in [0.2, 0.25) is 11.6 Å². The molecule has 2 N–H and O–H groups in total. The van der Waals surface area contributed by atoms with Gasteiger partial charge in [-0.15, -0.1) is 0 Å². The van der Waals surface area contributed by atoms with Crippen molar-refractivity contribution >= 4 is 28.7 Å². The predicted molar refractivity (Wildman–Crippen MR) is 124 cm³/mol. The monoisotopic (exact) mass is 427 g/mol. The van der Waals surface area contributed by atoms with Crippen LogP contribution in [0.3, 0.4) is 0 Å². The summed E-state index contributed by atoms with van der Waals surface area (Å²) in [5, 5.41) is 17.9. The lowest BCUT2D eigenvalue weighted by molar-refractivity contribution is -0.383. The van der Waals surface area contributed by atoms with Crippen molar-refractivity contribution in [2.75, 3.05) is 10.6 Å². The summed E-state index contributed by atoms with van der Waals surface area (Å²) < 4.78 is 5.78. The molecule has 3 aromatic carbocycles. The van der Waals surface area contributed by atoms with Crippen LogP contribution in [0.2, 0.25) is 0 Å². The summed E-state index contributed by atoms with van der Waals surface area (Å²) in [5.74, 6) is 1.58. The molecule has 0 fully saturated rings. The van der Waals surface area contributed by atoms with E-state index in [4.69, 9.17) is 4.74 Å². The first kappa shape index (κ1) is 20.8. The van der Waals surface area contributed by atoms with E-state index in [1.165, 1.54) is 6.33 Å². The molecule has 0 aliphatic carbocycles. The Morgan fingerprint density at radius 2 is 1.47 bits per heavy atom. The second kappa shape index (κ2) is 9.13. The van der Waals surface area contributed by atoms with E-state index in [1.54, 1.807) is 24.3 Å². The Morgan fingerprint density at radius 3 is 2.16 bits per heavy atom. The summed E-state index contributed by atoms with van der Waals surface area (Å²) in [7, 11) is 0. The number of nitrogens with zero attached hydrogens (tertiary/aromatic N) is 3. The summed E-state index contributed by atoms with van der Waals surface area (Å²) in [5.41, 5.74) is 3.20. The Bertz CT molecular complexity index is 1240. The van der Waals surface area contributed by atoms with Crippen molar-refractivity contribution in [2.45, 2.75) is 13.8 Å². The first-order chi connectivity index (χ1) is 15.5. The van der Waals surface area contributed by atoms with Gasteiger partial charge in [-0.1, -0.05) is 30.3 Å². The third-order valence-corrected chi connectivity index (χ3v) is 4.96. The van der Waals surface area contributed by atoms with Gasteiger partial charge in [0.05, 0.1) is 4.92 Å². The highest BCUT2D eigenvalue weighted by molar-refractivity contribution is 5.77. The zero-order valence-corrected chi connectivity index (χ0v) is 17.6. The minimum atomic E-state index is -0.497. The number of benzene rings is 3. The average Bonchev–Trinajstić information content (AvgIpc) is 2.79. The van der Waals surface area contributed by atoms with Crippen molar-refractivity contribution in [2.24, 2.45) is 0 Å². The van der Waals surface area contributed by atoms with Crippen LogP contribution in [0.4, 0.5) is 28.7 Å². The van der Waals surface area contributed by atoms with E-state index in [0.717, 1.165) is 22.6 Å². The average molecular weight is 427 g/mol. The van der Waals surface area contributed by atoms with Gasteiger partial charge in [-0.3, -0.25) is 10.1 Å². The van der Waals surface area contributed by atoms with Crippen LogP contribution >= 0.6 is 0 Å². The maximum Gasteiger partial charge on any atom is 0.353 e. The molecule has 0 unspecified atom stereocenters. The fraction of sp³-hybridized carbons (Fsp3) is 0.0833. The lowest BCUT2D eigenvalue weighted by atomic mass is 10.1. The number of aryl methyl sites for hydroxylation is 1. The van der Waals surface area contributed by atoms with Crippen molar-refractivity contribution in [1.82, 2.24) is 9.97 Å². The van der Waals surface area contributed by atoms with Crippen molar-refractivity contribution in [3.05, 3.63) is 100 Å². The molecule has 32 heavy (non-hydrogen) atoms. The van der Waals surface area contributed by atoms with Crippen LogP contribution in [0.15, 0.2) is 79.1 Å². The van der Waals surface area contributed by atoms with E-state index in [2.05, 4.69) is 20.6 Å². The SMILES string of the molecule is Cc1cccc(Nc2ncnc(Nc3ccc(Oc4ccccc4)cc3)c2[N+](=O)[O-])c1C. The molecule has 8 nitrogen and oxygen atoms in total. The van der Waals surface area contributed by atoms with Crippen LogP contribution in [0, 0.1) is 24.0 Å². The van der Waals surface area contributed by atoms with E-state index < -0.39 is 4.92 Å². The van der Waals surface area contributed by atoms with Gasteiger partial charge < -0.3 is 15.4 Å². The Labute approximate surface area is 185 Å². The van der Waals surface area contributed by atoms with Gasteiger partial charge >= 0.3 is 5.69 Å². The van der Waals surface area contributed by atoms with Crippen LogP contribution in [-0.2, 0) is 0 Å². The first-order valence-electron chi connectivity index (χ1n) is 9.94. The highest BCUT2D eigenvalue weighted by Crippen LogP contribution is 2.34. The molecular formula is C24H21N5O3. The summed E-state index contributed by atoms with van der Waals surface area (Å²) in [6.07, 6.45) is 1.29. The molecule has 0 amide bonds. The van der Waals surface area contributed by atoms with Crippen LogP contribution in [0.1, 0.15) is 11.1 Å². The normalized spacial score (nSPS) is 10.4. The third-order valence-electron chi connectivity index (χ3n) is 4.96. The molecule has 0 aliphatic heterocycles. The largest absolute Gasteiger partial charge is 0.457 e. The molecule has 0 atom stereocenters. The summed E-state index contributed by atoms with van der Waals surface area (Å²) >= 11 is 0. The summed E-state index contributed by atoms with van der Waals surface area (Å²) in [6.45, 7) is 3.93. The Kier molecular flexibility index (Phi) is 5.94. The number of hydrogen-bond acceptors (Lipinski definition) is 7. The van der Waals surface area contributed by atoms with Crippen LogP contribution < -0.4 is 15.4 Å². The standard InChI is InChI=1S/C24H21N5O3/c1-16-7-6-10-21(17(16)2)28-24-22(29(30)31)23(25-15-26-24)27-18-11-13-20(14-12-18)32-19-8-4-3-5-9-19/h3-15H,1-2H3,(H2,25,26,27,28). The lowest BCUT2D eigenvalue weighted by Gasteiger charge is -2.13. The number of para-hydroxylation sites is 1. The molecule has 1 heterocycles. The van der Waals surface area contributed by atoms with E-state index in [0.29, 0.717) is 11.4 Å². The molecule has 8 heteroatoms. The summed E-state index contributed by atoms with van der Waals surface area (Å²) in [6, 6.07) is 22.2. The lowest BCUT2D eigenvalue weighted by Crippen LogP contribution is -2.06. The second-order valence-corrected chi connectivity index (χ2v) is 7.11. The second-order valence-electron chi connectivity index (χ2n) is 7.11. The van der Waals surface area contributed by atoms with Crippen LogP contribution in [0.5, 0.6) is 11.5 Å². The van der Waals surface area contributed by atoms with Gasteiger partial charge in [-0.2, -0.15) is 0 Å². The molecule has 0 spiro atoms. The Morgan fingerprint density at radius 1 is 0.812 bits per heavy atom. The Balaban J connectivity index is 1.58. The molecule has 1 aromatic heterocycles. The number of nitrogens with one attached hydrogen (secondary N) is 2. The van der Waals surface area contributed by atoms with Crippen molar-refractivity contribution in [3.8, 4) is 11.5 Å². The van der Waals surface area contributed by atoms with E-state index >= 15 is 0 Å². The van der Waals surface area contributed by atoms with Gasteiger partial charge in [0, 0.05) is 11.4 Å². The van der Waals surface area contributed by atoms with Crippen molar-refractivity contribution < 1.29 is 9.66 Å². The van der Waals surface area contributed by atoms with Crippen molar-refractivity contribution in [1.29, 1.82) is 0 Å². The zero-order valence-electron chi connectivity index (χ0n) is 17.6. The Hall–Kier alpha value is -4.46. The van der Waals surface area contributed by atoms with E-state index in [1.807, 2.05) is 62.4 Å². The van der Waals surface area contributed by atoms with Gasteiger partial charge in [0.1, 0.15) is 17.8 Å². The van der Waals surface area contributed by atoms with Gasteiger partial charge in [-0.05, 0) is 67.4 Å². The molecular weight excluding hydrogens is 406 g/mol. The number of aromatic nitrogens is 2. The fourth-order valence-electron chi connectivity index (χ4n) is 3.12. The maximum atomic E-state index is 11.9. The molecule has 4 aromatic rings. The quantitative estimate of drug-likeness (QED) is 0.264. The van der Waals surface area contributed by atoms with Gasteiger partial charge in [0.25, 0.3) is 0 Å². The van der Waals surface area contributed by atoms with Crippen LogP contribution in [0.25, 0.3) is 0 Å². The topological polar surface area (TPSA) is 102 Å². The zero-order chi connectivity index (χ0) is 22.5. The van der Waals surface area contributed by atoms with Crippen molar-refractivity contribution in [3.63, 3.8) is 0 Å². The first-order valence-corrected chi connectivity index (χ1v) is 9.94. The smallest absolute Gasteiger partial charge is 0.353 e. The predicted octanol–water partition coefficient (Wildman–Crippen LogP) is 6.28. The van der Waals surface area contributed by atoms with Gasteiger partial charge in [0.15, 0.2) is 0 Å². The van der Waals surface area contributed by atoms with E-state index in [9.17, 15) is 10.1 Å². The number of ether oxygens (including phenoxy) is 1. The number of hydrogen-bond donors (Lipinski definition) is 2. The molecule has 4 rings (SSSR count). The summed E-state index contributed by atoms with van der Waals surface area (Å²) in [4.78, 5) is 19.6. The highest BCUT2D eigenvalue weighted by atomic mass is 16.6. The molecule has 0 saturated carbocycles. The molecule has 0 radical (unpaired) electrons. The third kappa shape index (κ3) is 4.65.